The van der Waals surface area contributed by atoms with E-state index in [1.165, 1.54) is 25.4 Å². The van der Waals surface area contributed by atoms with E-state index >= 15 is 0 Å². The van der Waals surface area contributed by atoms with Gasteiger partial charge in [0.2, 0.25) is 0 Å². The van der Waals surface area contributed by atoms with Crippen LogP contribution in [0.3, 0.4) is 0 Å². The molecule has 3 aromatic heterocycles. The van der Waals surface area contributed by atoms with Gasteiger partial charge in [0.05, 0.1) is 5.69 Å². The predicted molar refractivity (Wildman–Crippen MR) is 128 cm³/mol. The lowest BCUT2D eigenvalue weighted by Crippen LogP contribution is -2.19. The summed E-state index contributed by atoms with van der Waals surface area (Å²) in [5.74, 6) is -1.77. The number of hydrogen-bond donors (Lipinski definition) is 2. The molecule has 11 heteroatoms. The fourth-order valence-electron chi connectivity index (χ4n) is 3.57. The summed E-state index contributed by atoms with van der Waals surface area (Å²) in [7, 11) is 1.48. The highest BCUT2D eigenvalue weighted by Gasteiger charge is 2.33. The highest BCUT2D eigenvalue weighted by molar-refractivity contribution is 6.04. The minimum Gasteiger partial charge on any atom is -0.354 e. The Hall–Kier alpha value is -4.67. The van der Waals surface area contributed by atoms with Gasteiger partial charge in [-0.3, -0.25) is 24.5 Å². The van der Waals surface area contributed by atoms with Gasteiger partial charge in [0, 0.05) is 47.5 Å². The molecule has 0 saturated heterocycles. The zero-order valence-corrected chi connectivity index (χ0v) is 19.5. The maximum Gasteiger partial charge on any atom is 0.433 e. The first kappa shape index (κ1) is 25.4. The summed E-state index contributed by atoms with van der Waals surface area (Å²) >= 11 is 0. The van der Waals surface area contributed by atoms with Gasteiger partial charge in [0.25, 0.3) is 11.8 Å². The van der Waals surface area contributed by atoms with Crippen molar-refractivity contribution in [3.63, 3.8) is 0 Å². The lowest BCUT2D eigenvalue weighted by Gasteiger charge is -2.12. The van der Waals surface area contributed by atoms with E-state index in [1.807, 2.05) is 0 Å². The number of benzene rings is 1. The average Bonchev–Trinajstić information content (AvgIpc) is 2.88. The normalized spacial score (nSPS) is 11.2. The molecule has 0 aliphatic carbocycles. The van der Waals surface area contributed by atoms with Gasteiger partial charge >= 0.3 is 6.18 Å². The van der Waals surface area contributed by atoms with Crippen LogP contribution >= 0.6 is 0 Å². The van der Waals surface area contributed by atoms with Crippen LogP contribution in [0.5, 0.6) is 0 Å². The first-order valence-electron chi connectivity index (χ1n) is 10.9. The Bertz CT molecular complexity index is 1500. The highest BCUT2D eigenvalue weighted by Crippen LogP contribution is 2.31. The molecule has 1 aromatic carbocycles. The van der Waals surface area contributed by atoms with E-state index in [0.717, 1.165) is 18.3 Å². The number of nitrogens with one attached hydrogen (secondary N) is 2. The van der Waals surface area contributed by atoms with E-state index < -0.39 is 23.6 Å². The molecule has 0 atom stereocenters. The van der Waals surface area contributed by atoms with E-state index in [-0.39, 0.29) is 28.4 Å². The van der Waals surface area contributed by atoms with Crippen molar-refractivity contribution in [1.29, 1.82) is 0 Å². The second-order valence-electron chi connectivity index (χ2n) is 7.97. The van der Waals surface area contributed by atoms with Crippen molar-refractivity contribution in [2.45, 2.75) is 13.1 Å². The Kier molecular flexibility index (Phi) is 6.96. The molecule has 4 aromatic rings. The van der Waals surface area contributed by atoms with Gasteiger partial charge in [0.15, 0.2) is 0 Å². The number of pyridine rings is 3. The second-order valence-corrected chi connectivity index (χ2v) is 7.97. The van der Waals surface area contributed by atoms with Gasteiger partial charge in [-0.1, -0.05) is 0 Å². The van der Waals surface area contributed by atoms with Gasteiger partial charge in [-0.15, -0.1) is 0 Å². The Morgan fingerprint density at radius 2 is 1.62 bits per heavy atom. The molecular formula is C26H19F4N5O2. The molecule has 0 fully saturated rings. The standard InChI is InChI=1S/C26H19F4N5O2/c1-14-9-17(11-21(34-14)15-5-7-32-22(10-15)25(37)31-2)19-13-18(3-4-20(19)27)35-24(36)16-6-8-33-23(12-16)26(28,29)30/h3-13H,1-2H3,(H,31,37)(H,35,36). The maximum absolute atomic E-state index is 14.9. The lowest BCUT2D eigenvalue weighted by atomic mass is 10.0. The molecule has 188 valence electrons. The van der Waals surface area contributed by atoms with Gasteiger partial charge in [-0.2, -0.15) is 13.2 Å². The molecular weight excluding hydrogens is 490 g/mol. The maximum atomic E-state index is 14.9. The summed E-state index contributed by atoms with van der Waals surface area (Å²) in [6, 6.07) is 12.1. The third kappa shape index (κ3) is 5.77. The van der Waals surface area contributed by atoms with E-state index in [9.17, 15) is 27.2 Å². The molecule has 4 rings (SSSR count). The van der Waals surface area contributed by atoms with Crippen molar-refractivity contribution in [3.8, 4) is 22.4 Å². The predicted octanol–water partition coefficient (Wildman–Crippen LogP) is 5.28. The quantitative estimate of drug-likeness (QED) is 0.357. The van der Waals surface area contributed by atoms with E-state index in [0.29, 0.717) is 28.6 Å². The molecule has 2 amide bonds. The number of carbonyl (C=O) groups excluding carboxylic acids is 2. The number of halogens is 4. The number of nitrogens with zero attached hydrogens (tertiary/aromatic N) is 3. The van der Waals surface area contributed by atoms with E-state index in [2.05, 4.69) is 25.6 Å². The fourth-order valence-corrected chi connectivity index (χ4v) is 3.57. The molecule has 3 heterocycles. The molecule has 7 nitrogen and oxygen atoms in total. The van der Waals surface area contributed by atoms with Gasteiger partial charge < -0.3 is 10.6 Å². The summed E-state index contributed by atoms with van der Waals surface area (Å²) in [5, 5.41) is 4.99. The number of anilines is 1. The first-order chi connectivity index (χ1) is 17.5. The van der Waals surface area contributed by atoms with Crippen LogP contribution in [0.25, 0.3) is 22.4 Å². The van der Waals surface area contributed by atoms with Crippen LogP contribution in [0.2, 0.25) is 0 Å². The van der Waals surface area contributed by atoms with Crippen LogP contribution in [0.4, 0.5) is 23.2 Å². The van der Waals surface area contributed by atoms with Crippen LogP contribution in [-0.4, -0.2) is 33.8 Å². The van der Waals surface area contributed by atoms with Crippen molar-refractivity contribution in [3.05, 3.63) is 95.5 Å². The molecule has 0 bridgehead atoms. The molecule has 0 aliphatic rings. The third-order valence-electron chi connectivity index (χ3n) is 5.32. The SMILES string of the molecule is CNC(=O)c1cc(-c2cc(-c3cc(NC(=O)c4ccnc(C(F)(F)F)c4)ccc3F)cc(C)n2)ccn1. The largest absolute Gasteiger partial charge is 0.433 e. The first-order valence-corrected chi connectivity index (χ1v) is 10.9. The molecule has 0 aliphatic heterocycles. The number of aryl methyl sites for hydroxylation is 1. The minimum absolute atomic E-state index is 0.135. The summed E-state index contributed by atoms with van der Waals surface area (Å²) in [5.41, 5.74) is 1.11. The Balaban J connectivity index is 1.67. The van der Waals surface area contributed by atoms with Crippen molar-refractivity contribution in [2.24, 2.45) is 0 Å². The Labute approximate surface area is 208 Å². The molecule has 37 heavy (non-hydrogen) atoms. The molecule has 0 spiro atoms. The minimum atomic E-state index is -4.70. The van der Waals surface area contributed by atoms with E-state index in [1.54, 1.807) is 31.2 Å². The zero-order valence-electron chi connectivity index (χ0n) is 19.5. The van der Waals surface area contributed by atoms with Gasteiger partial charge in [-0.25, -0.2) is 4.39 Å². The van der Waals surface area contributed by atoms with E-state index in [4.69, 9.17) is 0 Å². The van der Waals surface area contributed by atoms with Gasteiger partial charge in [0.1, 0.15) is 17.2 Å². The lowest BCUT2D eigenvalue weighted by molar-refractivity contribution is -0.141. The second kappa shape index (κ2) is 10.1. The molecule has 0 saturated carbocycles. The summed E-state index contributed by atoms with van der Waals surface area (Å²) < 4.78 is 53.7. The van der Waals surface area contributed by atoms with Crippen LogP contribution in [0.15, 0.2) is 67.0 Å². The molecule has 0 radical (unpaired) electrons. The number of hydrogen-bond acceptors (Lipinski definition) is 5. The summed E-state index contributed by atoms with van der Waals surface area (Å²) in [6.07, 6.45) is -2.35. The van der Waals surface area contributed by atoms with Crippen molar-refractivity contribution in [1.82, 2.24) is 20.3 Å². The number of alkyl halides is 3. The Morgan fingerprint density at radius 3 is 2.35 bits per heavy atom. The van der Waals surface area contributed by atoms with Crippen molar-refractivity contribution < 1.29 is 27.2 Å². The van der Waals surface area contributed by atoms with Crippen LogP contribution in [0.1, 0.15) is 32.2 Å². The van der Waals surface area contributed by atoms with Crippen LogP contribution in [-0.2, 0) is 6.18 Å². The van der Waals surface area contributed by atoms with Crippen LogP contribution in [0, 0.1) is 12.7 Å². The van der Waals surface area contributed by atoms with Crippen molar-refractivity contribution in [2.75, 3.05) is 12.4 Å². The number of amides is 2. The average molecular weight is 509 g/mol. The number of carbonyl (C=O) groups is 2. The molecule has 0 unspecified atom stereocenters. The topological polar surface area (TPSA) is 96.9 Å². The number of aromatic nitrogens is 3. The highest BCUT2D eigenvalue weighted by atomic mass is 19.4. The smallest absolute Gasteiger partial charge is 0.354 e. The van der Waals surface area contributed by atoms with Crippen molar-refractivity contribution >= 4 is 17.5 Å². The van der Waals surface area contributed by atoms with Crippen LogP contribution < -0.4 is 10.6 Å². The van der Waals surface area contributed by atoms with Gasteiger partial charge in [-0.05, 0) is 67.1 Å². The summed E-state index contributed by atoms with van der Waals surface area (Å²) in [6.45, 7) is 1.72. The Morgan fingerprint density at radius 1 is 0.865 bits per heavy atom. The number of rotatable bonds is 5. The molecule has 2 N–H and O–H groups in total. The monoisotopic (exact) mass is 509 g/mol. The zero-order chi connectivity index (χ0) is 26.7. The third-order valence-corrected chi connectivity index (χ3v) is 5.32. The summed E-state index contributed by atoms with van der Waals surface area (Å²) in [4.78, 5) is 36.3. The fraction of sp³-hybridized carbons (Fsp3) is 0.115.